The summed E-state index contributed by atoms with van der Waals surface area (Å²) in [7, 11) is 0. The number of carbonyl (C=O) groups excluding carboxylic acids is 1. The molecule has 0 bridgehead atoms. The molecular formula is CBrLi3O3. The van der Waals surface area contributed by atoms with Gasteiger partial charge in [0, 0.05) is 0 Å². The molecule has 32 valence electrons. The van der Waals surface area contributed by atoms with Gasteiger partial charge in [-0.2, -0.15) is 0 Å². The maximum Gasteiger partial charge on any atom is 1.00 e. The van der Waals surface area contributed by atoms with Gasteiger partial charge in [0.15, 0.2) is 0 Å². The van der Waals surface area contributed by atoms with Crippen molar-refractivity contribution in [2.45, 2.75) is 0 Å². The predicted octanol–water partition coefficient (Wildman–Crippen LogP) is -14.4. The average Bonchev–Trinajstić information content (AvgIpc) is 0.811. The summed E-state index contributed by atoms with van der Waals surface area (Å²) in [6.45, 7) is 0. The minimum atomic E-state index is -2.33. The Morgan fingerprint density at radius 1 is 1.00 bits per heavy atom. The van der Waals surface area contributed by atoms with Crippen LogP contribution in [0.15, 0.2) is 0 Å². The maximum atomic E-state index is 8.33. The number of rotatable bonds is 0. The molecule has 0 rings (SSSR count). The Balaban J connectivity index is -0.00000000750. The molecule has 8 heavy (non-hydrogen) atoms. The van der Waals surface area contributed by atoms with E-state index < -0.39 is 6.16 Å². The molecule has 0 aromatic heterocycles. The predicted molar refractivity (Wildman–Crippen MR) is 5.40 cm³/mol. The van der Waals surface area contributed by atoms with Gasteiger partial charge in [-0.05, 0) is 6.16 Å². The van der Waals surface area contributed by atoms with Crippen LogP contribution in [0.1, 0.15) is 0 Å². The smallest absolute Gasteiger partial charge is 1.00 e. The first kappa shape index (κ1) is 33.7. The van der Waals surface area contributed by atoms with Crippen LogP contribution >= 0.6 is 0 Å². The third-order valence-electron chi connectivity index (χ3n) is 0. The number of halogens is 1. The first-order chi connectivity index (χ1) is 1.73. The maximum absolute atomic E-state index is 8.33. The van der Waals surface area contributed by atoms with Gasteiger partial charge in [0.2, 0.25) is 0 Å². The van der Waals surface area contributed by atoms with Crippen molar-refractivity contribution >= 4 is 6.16 Å². The summed E-state index contributed by atoms with van der Waals surface area (Å²) in [5.41, 5.74) is 0. The van der Waals surface area contributed by atoms with E-state index in [1.54, 1.807) is 0 Å². The fraction of sp³-hybridized carbons (Fsp3) is 0. The largest absolute Gasteiger partial charge is 1.00 e. The zero-order valence-corrected chi connectivity index (χ0v) is 6.69. The minimum absolute atomic E-state index is 0. The monoisotopic (exact) mass is 160 g/mol. The Bertz CT molecular complexity index is 37.5. The summed E-state index contributed by atoms with van der Waals surface area (Å²) in [6.07, 6.45) is -2.33. The quantitative estimate of drug-likeness (QED) is 0.331. The van der Waals surface area contributed by atoms with E-state index in [-0.39, 0.29) is 73.6 Å². The molecule has 0 saturated carbocycles. The molecule has 0 aromatic carbocycles. The first-order valence-electron chi connectivity index (χ1n) is 0.612. The molecule has 0 N–H and O–H groups in total. The van der Waals surface area contributed by atoms with E-state index in [9.17, 15) is 0 Å². The van der Waals surface area contributed by atoms with E-state index in [1.807, 2.05) is 0 Å². The van der Waals surface area contributed by atoms with Crippen LogP contribution < -0.4 is 83.8 Å². The van der Waals surface area contributed by atoms with Gasteiger partial charge in [0.25, 0.3) is 0 Å². The Hall–Kier alpha value is 1.54. The molecule has 0 atom stereocenters. The van der Waals surface area contributed by atoms with E-state index >= 15 is 0 Å². The third-order valence-corrected chi connectivity index (χ3v) is 0. The summed E-state index contributed by atoms with van der Waals surface area (Å²) in [5, 5.41) is 16.7. The number of carbonyl (C=O) groups is 1. The van der Waals surface area contributed by atoms with Crippen LogP contribution in [-0.4, -0.2) is 6.16 Å². The zero-order valence-electron chi connectivity index (χ0n) is 5.10. The second-order valence-corrected chi connectivity index (χ2v) is 0.250. The van der Waals surface area contributed by atoms with Gasteiger partial charge in [-0.1, -0.05) is 0 Å². The molecule has 0 aliphatic rings. The van der Waals surface area contributed by atoms with Crippen molar-refractivity contribution in [2.75, 3.05) is 0 Å². The van der Waals surface area contributed by atoms with E-state index in [4.69, 9.17) is 15.0 Å². The summed E-state index contributed by atoms with van der Waals surface area (Å²) in [6, 6.07) is 0. The van der Waals surface area contributed by atoms with Gasteiger partial charge in [-0.3, -0.25) is 0 Å². The topological polar surface area (TPSA) is 63.2 Å². The van der Waals surface area contributed by atoms with Crippen molar-refractivity contribution in [1.29, 1.82) is 0 Å². The van der Waals surface area contributed by atoms with Gasteiger partial charge < -0.3 is 32.0 Å². The van der Waals surface area contributed by atoms with Crippen LogP contribution in [0.2, 0.25) is 0 Å². The fourth-order valence-electron chi connectivity index (χ4n) is 0. The third kappa shape index (κ3) is 136. The Morgan fingerprint density at radius 3 is 1.00 bits per heavy atom. The molecule has 0 aromatic rings. The molecule has 0 fully saturated rings. The van der Waals surface area contributed by atoms with Gasteiger partial charge >= 0.3 is 56.6 Å². The molecule has 0 aliphatic heterocycles. The minimum Gasteiger partial charge on any atom is -1.00 e. The number of hydrogen-bond acceptors (Lipinski definition) is 3. The van der Waals surface area contributed by atoms with E-state index in [1.165, 1.54) is 0 Å². The summed E-state index contributed by atoms with van der Waals surface area (Å²) >= 11 is 0. The second-order valence-electron chi connectivity index (χ2n) is 0.250. The molecule has 3 nitrogen and oxygen atoms in total. The van der Waals surface area contributed by atoms with Crippen molar-refractivity contribution in [3.05, 3.63) is 0 Å². The number of carboxylic acid groups (broad SMARTS) is 2. The van der Waals surface area contributed by atoms with Crippen LogP contribution in [0.3, 0.4) is 0 Å². The van der Waals surface area contributed by atoms with Crippen molar-refractivity contribution in [2.24, 2.45) is 0 Å². The van der Waals surface area contributed by atoms with E-state index in [2.05, 4.69) is 0 Å². The van der Waals surface area contributed by atoms with Crippen molar-refractivity contribution < 1.29 is 88.6 Å². The molecule has 0 aliphatic carbocycles. The Labute approximate surface area is 93.9 Å². The van der Waals surface area contributed by atoms with E-state index in [0.29, 0.717) is 0 Å². The summed E-state index contributed by atoms with van der Waals surface area (Å²) < 4.78 is 0. The Morgan fingerprint density at radius 2 is 1.00 bits per heavy atom. The molecule has 0 unspecified atom stereocenters. The van der Waals surface area contributed by atoms with Gasteiger partial charge in [0.05, 0.1) is 0 Å². The van der Waals surface area contributed by atoms with Crippen LogP contribution in [0.5, 0.6) is 0 Å². The first-order valence-corrected chi connectivity index (χ1v) is 0.612. The fourth-order valence-corrected chi connectivity index (χ4v) is 0. The van der Waals surface area contributed by atoms with Crippen LogP contribution in [0, 0.1) is 0 Å². The summed E-state index contributed by atoms with van der Waals surface area (Å²) in [5.74, 6) is 0. The van der Waals surface area contributed by atoms with Gasteiger partial charge in [-0.25, -0.2) is 0 Å². The molecular weight excluding hydrogens is 161 g/mol. The molecule has 0 heterocycles. The molecule has 0 saturated heterocycles. The standard InChI is InChI=1S/CH2O3.BrH.3Li/c2-1(3)4;;;;/h(H2,2,3,4);1H;;;/q;;3*+1/p-3. The van der Waals surface area contributed by atoms with Gasteiger partial charge in [-0.15, -0.1) is 0 Å². The molecule has 0 amide bonds. The van der Waals surface area contributed by atoms with E-state index in [0.717, 1.165) is 0 Å². The number of hydrogen-bond donors (Lipinski definition) is 0. The van der Waals surface area contributed by atoms with Crippen LogP contribution in [-0.2, 0) is 0 Å². The summed E-state index contributed by atoms with van der Waals surface area (Å²) in [4.78, 5) is 8.33. The second kappa shape index (κ2) is 23.6. The molecule has 7 heteroatoms. The normalized spacial score (nSPS) is 3.00. The SMILES string of the molecule is O=C([O-])[O-].[Br-].[Li+].[Li+].[Li+]. The van der Waals surface area contributed by atoms with Crippen LogP contribution in [0.25, 0.3) is 0 Å². The molecule has 0 spiro atoms. The molecule has 0 radical (unpaired) electrons. The van der Waals surface area contributed by atoms with Gasteiger partial charge in [0.1, 0.15) is 0 Å². The van der Waals surface area contributed by atoms with Crippen molar-refractivity contribution in [3.63, 3.8) is 0 Å². The van der Waals surface area contributed by atoms with Crippen LogP contribution in [0.4, 0.5) is 4.79 Å². The van der Waals surface area contributed by atoms with Crippen molar-refractivity contribution in [3.8, 4) is 0 Å². The Kier molecular flexibility index (Phi) is 99.4. The zero-order chi connectivity index (χ0) is 3.58. The average molecular weight is 161 g/mol. The van der Waals surface area contributed by atoms with Crippen molar-refractivity contribution in [1.82, 2.24) is 0 Å².